The molecule has 142 valence electrons. The molecular weight excluding hydrogens is 328 g/mol. The molecule has 10 nitrogen and oxygen atoms in total. The van der Waals surface area contributed by atoms with Gasteiger partial charge in [-0.2, -0.15) is 0 Å². The number of ether oxygens (including phenoxy) is 4. The molecule has 6 N–H and O–H groups in total. The molecule has 0 aromatic carbocycles. The molecule has 0 aromatic rings. The highest BCUT2D eigenvalue weighted by Crippen LogP contribution is 2.32. The van der Waals surface area contributed by atoms with Crippen molar-refractivity contribution in [3.63, 3.8) is 0 Å². The Balaban J connectivity index is 2.14. The number of aliphatic hydroxyl groups excluding tert-OH is 6. The maximum Gasteiger partial charge on any atom is 0.187 e. The van der Waals surface area contributed by atoms with Gasteiger partial charge in [0.25, 0.3) is 0 Å². The lowest BCUT2D eigenvalue weighted by molar-refractivity contribution is -0.349. The van der Waals surface area contributed by atoms with Crippen LogP contribution in [0.4, 0.5) is 0 Å². The second-order valence-electron chi connectivity index (χ2n) is 6.11. The van der Waals surface area contributed by atoms with Crippen LogP contribution in [-0.4, -0.2) is 106 Å². The zero-order valence-corrected chi connectivity index (χ0v) is 13.5. The van der Waals surface area contributed by atoms with Crippen molar-refractivity contribution in [2.24, 2.45) is 5.92 Å². The Morgan fingerprint density at radius 2 is 1.33 bits per heavy atom. The van der Waals surface area contributed by atoms with Crippen molar-refractivity contribution in [3.05, 3.63) is 0 Å². The Hall–Kier alpha value is -0.400. The third-order valence-electron chi connectivity index (χ3n) is 4.53. The standard InChI is InChI=1S/C14H26O10/c1-5-12(9(18)7(4-16)22-13(5)21-2)24-14-11(20)10(19)8(17)6(3-15)23-14/h5-20H,3-4H2,1-2H3/t5?,6?,7?,8-,9-,10-,11?,12+,13+,14-/m0/s1. The minimum absolute atomic E-state index is 0.470. The number of aliphatic hydroxyl groups is 6. The summed E-state index contributed by atoms with van der Waals surface area (Å²) in [4.78, 5) is 0. The van der Waals surface area contributed by atoms with Gasteiger partial charge in [-0.3, -0.25) is 0 Å². The number of rotatable bonds is 5. The van der Waals surface area contributed by atoms with E-state index in [9.17, 15) is 30.6 Å². The van der Waals surface area contributed by atoms with Crippen LogP contribution in [0.25, 0.3) is 0 Å². The van der Waals surface area contributed by atoms with Crippen molar-refractivity contribution in [2.75, 3.05) is 20.3 Å². The summed E-state index contributed by atoms with van der Waals surface area (Å²) in [5.41, 5.74) is 0. The van der Waals surface area contributed by atoms with Gasteiger partial charge in [-0.1, -0.05) is 6.92 Å². The van der Waals surface area contributed by atoms with Gasteiger partial charge in [-0.25, -0.2) is 0 Å². The molecule has 0 radical (unpaired) electrons. The van der Waals surface area contributed by atoms with E-state index in [0.29, 0.717) is 0 Å². The first-order chi connectivity index (χ1) is 11.3. The number of hydrogen-bond acceptors (Lipinski definition) is 10. The van der Waals surface area contributed by atoms with Gasteiger partial charge >= 0.3 is 0 Å². The highest BCUT2D eigenvalue weighted by Gasteiger charge is 2.49. The van der Waals surface area contributed by atoms with Gasteiger partial charge in [-0.05, 0) is 0 Å². The van der Waals surface area contributed by atoms with Gasteiger partial charge in [0.2, 0.25) is 0 Å². The molecule has 0 bridgehead atoms. The van der Waals surface area contributed by atoms with Crippen LogP contribution in [0.2, 0.25) is 0 Å². The van der Waals surface area contributed by atoms with E-state index in [1.165, 1.54) is 7.11 Å². The van der Waals surface area contributed by atoms with Crippen LogP contribution >= 0.6 is 0 Å². The van der Waals surface area contributed by atoms with Crippen molar-refractivity contribution in [1.29, 1.82) is 0 Å². The molecule has 0 spiro atoms. The Bertz CT molecular complexity index is 378. The van der Waals surface area contributed by atoms with Crippen LogP contribution in [0.3, 0.4) is 0 Å². The van der Waals surface area contributed by atoms with Crippen LogP contribution in [0.1, 0.15) is 6.92 Å². The van der Waals surface area contributed by atoms with Gasteiger partial charge in [0.15, 0.2) is 12.6 Å². The van der Waals surface area contributed by atoms with Crippen molar-refractivity contribution in [1.82, 2.24) is 0 Å². The summed E-state index contributed by atoms with van der Waals surface area (Å²) in [6.07, 6.45) is -11.1. The zero-order valence-electron chi connectivity index (χ0n) is 13.5. The molecular formula is C14H26O10. The monoisotopic (exact) mass is 354 g/mol. The molecule has 0 aliphatic carbocycles. The maximum absolute atomic E-state index is 10.3. The minimum Gasteiger partial charge on any atom is -0.394 e. The van der Waals surface area contributed by atoms with Gasteiger partial charge < -0.3 is 49.6 Å². The molecule has 2 heterocycles. The van der Waals surface area contributed by atoms with Crippen molar-refractivity contribution >= 4 is 0 Å². The summed E-state index contributed by atoms with van der Waals surface area (Å²) in [6, 6.07) is 0. The van der Waals surface area contributed by atoms with E-state index in [-0.39, 0.29) is 0 Å². The molecule has 2 aliphatic rings. The molecule has 10 atom stereocenters. The lowest BCUT2D eigenvalue weighted by Gasteiger charge is -2.46. The molecule has 2 saturated heterocycles. The molecule has 24 heavy (non-hydrogen) atoms. The van der Waals surface area contributed by atoms with Crippen LogP contribution in [0.5, 0.6) is 0 Å². The maximum atomic E-state index is 10.3. The Labute approximate surface area is 139 Å². The van der Waals surface area contributed by atoms with E-state index in [4.69, 9.17) is 18.9 Å². The van der Waals surface area contributed by atoms with Crippen molar-refractivity contribution in [3.8, 4) is 0 Å². The fraction of sp³-hybridized carbons (Fsp3) is 1.00. The van der Waals surface area contributed by atoms with E-state index in [2.05, 4.69) is 0 Å². The first kappa shape index (κ1) is 19.9. The van der Waals surface area contributed by atoms with Gasteiger partial charge in [-0.15, -0.1) is 0 Å². The molecule has 4 unspecified atom stereocenters. The summed E-state index contributed by atoms with van der Waals surface area (Å²) in [5.74, 6) is -0.486. The molecule has 2 aliphatic heterocycles. The van der Waals surface area contributed by atoms with Gasteiger partial charge in [0.1, 0.15) is 36.6 Å². The minimum atomic E-state index is -1.58. The average molecular weight is 354 g/mol. The quantitative estimate of drug-likeness (QED) is 0.293. The molecule has 10 heteroatoms. The molecule has 0 aromatic heterocycles. The van der Waals surface area contributed by atoms with Crippen molar-refractivity contribution < 1.29 is 49.6 Å². The third-order valence-corrected chi connectivity index (χ3v) is 4.53. The fourth-order valence-electron chi connectivity index (χ4n) is 3.01. The molecule has 2 rings (SSSR count). The average Bonchev–Trinajstić information content (AvgIpc) is 2.58. The van der Waals surface area contributed by atoms with Crippen molar-refractivity contribution in [2.45, 2.75) is 62.2 Å². The van der Waals surface area contributed by atoms with E-state index < -0.39 is 74.4 Å². The summed E-state index contributed by atoms with van der Waals surface area (Å²) in [6.45, 7) is 0.624. The zero-order chi connectivity index (χ0) is 18.0. The molecule has 0 saturated carbocycles. The second-order valence-corrected chi connectivity index (χ2v) is 6.11. The van der Waals surface area contributed by atoms with Gasteiger partial charge in [0, 0.05) is 13.0 Å². The lowest BCUT2D eigenvalue weighted by Crippen LogP contribution is -2.63. The number of hydrogen-bond donors (Lipinski definition) is 6. The largest absolute Gasteiger partial charge is 0.394 e. The highest BCUT2D eigenvalue weighted by atomic mass is 16.7. The highest BCUT2D eigenvalue weighted by molar-refractivity contribution is 4.92. The van der Waals surface area contributed by atoms with Crippen LogP contribution in [0.15, 0.2) is 0 Å². The predicted molar refractivity (Wildman–Crippen MR) is 76.6 cm³/mol. The van der Waals surface area contributed by atoms with Crippen LogP contribution in [0, 0.1) is 5.92 Å². The normalized spacial score (nSPS) is 50.0. The Morgan fingerprint density at radius 1 is 0.792 bits per heavy atom. The summed E-state index contributed by atoms with van der Waals surface area (Å²) in [5, 5.41) is 58.4. The van der Waals surface area contributed by atoms with E-state index in [1.54, 1.807) is 6.92 Å². The first-order valence-corrected chi connectivity index (χ1v) is 7.78. The smallest absolute Gasteiger partial charge is 0.187 e. The van der Waals surface area contributed by atoms with E-state index >= 15 is 0 Å². The SMILES string of the molecule is CO[C@@H]1OC(CO)[C@H](O)[C@H](O[C@@H]2OC(CO)[C@H](O)[C@H](O)C2O)C1C. The van der Waals surface area contributed by atoms with Crippen LogP contribution < -0.4 is 0 Å². The molecule has 2 fully saturated rings. The van der Waals surface area contributed by atoms with E-state index in [0.717, 1.165) is 0 Å². The summed E-state index contributed by atoms with van der Waals surface area (Å²) in [7, 11) is 1.40. The molecule has 0 amide bonds. The summed E-state index contributed by atoms with van der Waals surface area (Å²) >= 11 is 0. The Kier molecular flexibility index (Phi) is 6.90. The number of methoxy groups -OCH3 is 1. The Morgan fingerprint density at radius 3 is 1.88 bits per heavy atom. The van der Waals surface area contributed by atoms with E-state index in [1.807, 2.05) is 0 Å². The third kappa shape index (κ3) is 3.73. The first-order valence-electron chi connectivity index (χ1n) is 7.78. The second kappa shape index (κ2) is 8.32. The summed E-state index contributed by atoms with van der Waals surface area (Å²) < 4.78 is 21.4. The fourth-order valence-corrected chi connectivity index (χ4v) is 3.01. The topological polar surface area (TPSA) is 158 Å². The lowest BCUT2D eigenvalue weighted by atomic mass is 9.91. The predicted octanol–water partition coefficient (Wildman–Crippen LogP) is -3.47. The van der Waals surface area contributed by atoms with Crippen LogP contribution in [-0.2, 0) is 18.9 Å². The van der Waals surface area contributed by atoms with Gasteiger partial charge in [0.05, 0.1) is 19.3 Å².